The topological polar surface area (TPSA) is 55.5 Å². The van der Waals surface area contributed by atoms with E-state index in [1.165, 1.54) is 12.1 Å². The van der Waals surface area contributed by atoms with Crippen LogP contribution in [0.4, 0.5) is 4.39 Å². The van der Waals surface area contributed by atoms with Gasteiger partial charge in [-0.05, 0) is 37.5 Å². The van der Waals surface area contributed by atoms with Gasteiger partial charge in [-0.25, -0.2) is 4.39 Å². The lowest BCUT2D eigenvalue weighted by molar-refractivity contribution is -0.133. The van der Waals surface area contributed by atoms with Crippen LogP contribution >= 0.6 is 0 Å². The lowest BCUT2D eigenvalue weighted by atomic mass is 9.67. The Balaban J connectivity index is 2.17. The number of aliphatic hydroxyl groups is 1. The molecule has 2 atom stereocenters. The first-order valence-corrected chi connectivity index (χ1v) is 6.74. The number of nitrogens with two attached hydrogens (primary N) is 1. The Morgan fingerprint density at radius 2 is 2.11 bits per heavy atom. The maximum absolute atomic E-state index is 12.9. The third kappa shape index (κ3) is 2.96. The molecule has 0 aliphatic carbocycles. The van der Waals surface area contributed by atoms with E-state index in [0.717, 1.165) is 25.0 Å². The first-order valence-electron chi connectivity index (χ1n) is 6.74. The fraction of sp³-hybridized carbons (Fsp3) is 0.600. The van der Waals surface area contributed by atoms with E-state index in [-0.39, 0.29) is 5.82 Å². The SMILES string of the molecule is CC(O)(Cc1ccc(F)cc1)C1(CN)CCCOC1. The quantitative estimate of drug-likeness (QED) is 0.875. The highest BCUT2D eigenvalue weighted by Gasteiger charge is 2.47. The molecule has 0 radical (unpaired) electrons. The Kier molecular flexibility index (Phi) is 4.23. The zero-order chi connectivity index (χ0) is 13.9. The lowest BCUT2D eigenvalue weighted by Crippen LogP contribution is -2.56. The second-order valence-corrected chi connectivity index (χ2v) is 5.72. The Hall–Kier alpha value is -0.970. The fourth-order valence-electron chi connectivity index (χ4n) is 2.85. The molecule has 1 fully saturated rings. The van der Waals surface area contributed by atoms with E-state index in [1.54, 1.807) is 19.1 Å². The number of halogens is 1. The van der Waals surface area contributed by atoms with Crippen LogP contribution in [0.1, 0.15) is 25.3 Å². The molecule has 0 saturated carbocycles. The van der Waals surface area contributed by atoms with Crippen molar-refractivity contribution >= 4 is 0 Å². The van der Waals surface area contributed by atoms with Crippen molar-refractivity contribution in [1.82, 2.24) is 0 Å². The molecule has 4 heteroatoms. The van der Waals surface area contributed by atoms with E-state index in [2.05, 4.69) is 0 Å². The minimum absolute atomic E-state index is 0.266. The van der Waals surface area contributed by atoms with Crippen LogP contribution in [0.5, 0.6) is 0 Å². The van der Waals surface area contributed by atoms with Crippen molar-refractivity contribution in [2.24, 2.45) is 11.1 Å². The number of hydrogen-bond donors (Lipinski definition) is 2. The van der Waals surface area contributed by atoms with E-state index >= 15 is 0 Å². The summed E-state index contributed by atoms with van der Waals surface area (Å²) in [6.07, 6.45) is 2.22. The molecular weight excluding hydrogens is 245 g/mol. The molecule has 19 heavy (non-hydrogen) atoms. The summed E-state index contributed by atoms with van der Waals surface area (Å²) in [5.74, 6) is -0.266. The zero-order valence-corrected chi connectivity index (χ0v) is 11.4. The van der Waals surface area contributed by atoms with E-state index in [0.29, 0.717) is 19.6 Å². The smallest absolute Gasteiger partial charge is 0.123 e. The van der Waals surface area contributed by atoms with Crippen molar-refractivity contribution in [3.05, 3.63) is 35.6 Å². The molecule has 1 aromatic carbocycles. The third-order valence-electron chi connectivity index (χ3n) is 4.32. The summed E-state index contributed by atoms with van der Waals surface area (Å²) in [6, 6.07) is 6.24. The highest BCUT2D eigenvalue weighted by atomic mass is 19.1. The van der Waals surface area contributed by atoms with Crippen LogP contribution in [0.3, 0.4) is 0 Å². The van der Waals surface area contributed by atoms with E-state index in [1.807, 2.05) is 0 Å². The number of hydrogen-bond acceptors (Lipinski definition) is 3. The van der Waals surface area contributed by atoms with Gasteiger partial charge in [-0.3, -0.25) is 0 Å². The van der Waals surface area contributed by atoms with E-state index in [9.17, 15) is 9.50 Å². The normalized spacial score (nSPS) is 26.9. The summed E-state index contributed by atoms with van der Waals surface area (Å²) < 4.78 is 18.4. The lowest BCUT2D eigenvalue weighted by Gasteiger charge is -2.47. The zero-order valence-electron chi connectivity index (χ0n) is 11.4. The molecule has 1 saturated heterocycles. The number of benzene rings is 1. The van der Waals surface area contributed by atoms with E-state index in [4.69, 9.17) is 10.5 Å². The number of ether oxygens (including phenoxy) is 1. The molecule has 2 unspecified atom stereocenters. The summed E-state index contributed by atoms with van der Waals surface area (Å²) >= 11 is 0. The van der Waals surface area contributed by atoms with Crippen LogP contribution < -0.4 is 5.73 Å². The van der Waals surface area contributed by atoms with Gasteiger partial charge in [0.05, 0.1) is 12.2 Å². The van der Waals surface area contributed by atoms with Crippen molar-refractivity contribution in [3.63, 3.8) is 0 Å². The molecule has 0 aromatic heterocycles. The van der Waals surface area contributed by atoms with Crippen molar-refractivity contribution in [1.29, 1.82) is 0 Å². The summed E-state index contributed by atoms with van der Waals surface area (Å²) in [6.45, 7) is 3.41. The molecule has 1 aromatic rings. The molecule has 0 amide bonds. The molecule has 1 aliphatic rings. The van der Waals surface area contributed by atoms with Gasteiger partial charge in [-0.2, -0.15) is 0 Å². The molecule has 3 N–H and O–H groups in total. The van der Waals surface area contributed by atoms with Gasteiger partial charge in [-0.15, -0.1) is 0 Å². The monoisotopic (exact) mass is 267 g/mol. The highest BCUT2D eigenvalue weighted by Crippen LogP contribution is 2.40. The van der Waals surface area contributed by atoms with Crippen LogP contribution in [0.15, 0.2) is 24.3 Å². The molecule has 0 bridgehead atoms. The van der Waals surface area contributed by atoms with Crippen LogP contribution in [0, 0.1) is 11.2 Å². The van der Waals surface area contributed by atoms with Crippen LogP contribution in [0.25, 0.3) is 0 Å². The van der Waals surface area contributed by atoms with Gasteiger partial charge < -0.3 is 15.6 Å². The predicted octanol–water partition coefficient (Wildman–Crippen LogP) is 1.87. The van der Waals surface area contributed by atoms with Gasteiger partial charge in [0, 0.05) is 25.0 Å². The molecule has 0 spiro atoms. The maximum atomic E-state index is 12.9. The largest absolute Gasteiger partial charge is 0.389 e. The van der Waals surface area contributed by atoms with Crippen molar-refractivity contribution in [2.45, 2.75) is 31.8 Å². The van der Waals surface area contributed by atoms with Gasteiger partial charge >= 0.3 is 0 Å². The molecule has 2 rings (SSSR count). The van der Waals surface area contributed by atoms with Crippen molar-refractivity contribution in [3.8, 4) is 0 Å². The van der Waals surface area contributed by atoms with Crippen LogP contribution in [-0.4, -0.2) is 30.5 Å². The van der Waals surface area contributed by atoms with Gasteiger partial charge in [0.1, 0.15) is 5.82 Å². The second-order valence-electron chi connectivity index (χ2n) is 5.72. The summed E-state index contributed by atoms with van der Waals surface area (Å²) in [4.78, 5) is 0. The predicted molar refractivity (Wildman–Crippen MR) is 72.3 cm³/mol. The average molecular weight is 267 g/mol. The average Bonchev–Trinajstić information content (AvgIpc) is 2.42. The standard InChI is InChI=1S/C15H22FNO2/c1-14(18,9-12-3-5-13(16)6-4-12)15(10-17)7-2-8-19-11-15/h3-6,18H,2,7-11,17H2,1H3. The Morgan fingerprint density at radius 1 is 1.42 bits per heavy atom. The van der Waals surface area contributed by atoms with Gasteiger partial charge in [0.2, 0.25) is 0 Å². The first-order chi connectivity index (χ1) is 8.99. The maximum Gasteiger partial charge on any atom is 0.123 e. The summed E-state index contributed by atoms with van der Waals surface area (Å²) in [7, 11) is 0. The van der Waals surface area contributed by atoms with Crippen LogP contribution in [-0.2, 0) is 11.2 Å². The second kappa shape index (κ2) is 5.57. The van der Waals surface area contributed by atoms with Crippen molar-refractivity contribution in [2.75, 3.05) is 19.8 Å². The molecule has 1 heterocycles. The molecular formula is C15H22FNO2. The molecule has 1 aliphatic heterocycles. The summed E-state index contributed by atoms with van der Waals surface area (Å²) in [5.41, 5.74) is 5.43. The Morgan fingerprint density at radius 3 is 2.63 bits per heavy atom. The minimum Gasteiger partial charge on any atom is -0.389 e. The Labute approximate surface area is 113 Å². The molecule has 106 valence electrons. The molecule has 3 nitrogen and oxygen atoms in total. The first kappa shape index (κ1) is 14.4. The van der Waals surface area contributed by atoms with Crippen molar-refractivity contribution < 1.29 is 14.2 Å². The third-order valence-corrected chi connectivity index (χ3v) is 4.32. The highest BCUT2D eigenvalue weighted by molar-refractivity contribution is 5.19. The van der Waals surface area contributed by atoms with E-state index < -0.39 is 11.0 Å². The van der Waals surface area contributed by atoms with Crippen LogP contribution in [0.2, 0.25) is 0 Å². The minimum atomic E-state index is -0.958. The number of rotatable bonds is 4. The van der Waals surface area contributed by atoms with Gasteiger partial charge in [0.15, 0.2) is 0 Å². The fourth-order valence-corrected chi connectivity index (χ4v) is 2.85. The summed E-state index contributed by atoms with van der Waals surface area (Å²) in [5, 5.41) is 10.9. The van der Waals surface area contributed by atoms with Gasteiger partial charge in [-0.1, -0.05) is 12.1 Å². The Bertz CT molecular complexity index is 411. The van der Waals surface area contributed by atoms with Gasteiger partial charge in [0.25, 0.3) is 0 Å².